The van der Waals surface area contributed by atoms with Crippen molar-refractivity contribution in [2.24, 2.45) is 11.3 Å². The standard InChI is InChI=1S/C11H21N/c1-10(2,3)12-7-9-5-6-11(9,4)8-12/h9H,5-8H2,1-4H3/t9-,11+/m0/s1. The van der Waals surface area contributed by atoms with Crippen molar-refractivity contribution in [3.8, 4) is 0 Å². The van der Waals surface area contributed by atoms with Crippen LogP contribution in [0.15, 0.2) is 0 Å². The number of fused-ring (bicyclic) bond motifs is 1. The fraction of sp³-hybridized carbons (Fsp3) is 1.00. The van der Waals surface area contributed by atoms with Gasteiger partial charge in [-0.05, 0) is 44.9 Å². The van der Waals surface area contributed by atoms with Crippen molar-refractivity contribution in [3.63, 3.8) is 0 Å². The SMILES string of the molecule is CC(C)(C)N1C[C@@H]2CC[C@]2(C)C1. The third kappa shape index (κ3) is 1.10. The Kier molecular flexibility index (Phi) is 1.61. The Morgan fingerprint density at radius 2 is 2.00 bits per heavy atom. The van der Waals surface area contributed by atoms with Gasteiger partial charge in [0.2, 0.25) is 0 Å². The number of rotatable bonds is 0. The molecule has 0 aromatic carbocycles. The summed E-state index contributed by atoms with van der Waals surface area (Å²) in [6.45, 7) is 12.2. The lowest BCUT2D eigenvalue weighted by Crippen LogP contribution is -2.40. The molecule has 70 valence electrons. The second-order valence-electron chi connectivity index (χ2n) is 5.94. The molecule has 1 aliphatic carbocycles. The maximum atomic E-state index is 2.66. The highest BCUT2D eigenvalue weighted by Gasteiger charge is 2.51. The summed E-state index contributed by atoms with van der Waals surface area (Å²) in [7, 11) is 0. The normalized spacial score (nSPS) is 42.5. The second kappa shape index (κ2) is 2.25. The molecule has 0 aromatic rings. The Morgan fingerprint density at radius 3 is 2.25 bits per heavy atom. The van der Waals surface area contributed by atoms with Gasteiger partial charge in [-0.1, -0.05) is 6.92 Å². The number of hydrogen-bond donors (Lipinski definition) is 0. The van der Waals surface area contributed by atoms with Crippen LogP contribution >= 0.6 is 0 Å². The molecule has 1 nitrogen and oxygen atoms in total. The third-order valence-electron chi connectivity index (χ3n) is 3.99. The van der Waals surface area contributed by atoms with Crippen LogP contribution in [0.3, 0.4) is 0 Å². The van der Waals surface area contributed by atoms with Gasteiger partial charge in [-0.25, -0.2) is 0 Å². The highest BCUT2D eigenvalue weighted by atomic mass is 15.2. The predicted octanol–water partition coefficient (Wildman–Crippen LogP) is 2.52. The highest BCUT2D eigenvalue weighted by molar-refractivity contribution is 5.03. The van der Waals surface area contributed by atoms with Crippen molar-refractivity contribution in [2.45, 2.75) is 46.1 Å². The van der Waals surface area contributed by atoms with Gasteiger partial charge < -0.3 is 0 Å². The maximum absolute atomic E-state index is 2.66. The number of nitrogens with zero attached hydrogens (tertiary/aromatic N) is 1. The average Bonchev–Trinajstić information content (AvgIpc) is 2.11. The van der Waals surface area contributed by atoms with Gasteiger partial charge >= 0.3 is 0 Å². The van der Waals surface area contributed by atoms with Crippen LogP contribution in [0.25, 0.3) is 0 Å². The molecule has 2 aliphatic rings. The summed E-state index contributed by atoms with van der Waals surface area (Å²) in [5, 5.41) is 0. The minimum atomic E-state index is 0.389. The summed E-state index contributed by atoms with van der Waals surface area (Å²) in [6.07, 6.45) is 2.94. The van der Waals surface area contributed by atoms with Crippen molar-refractivity contribution in [1.82, 2.24) is 4.90 Å². The van der Waals surface area contributed by atoms with Gasteiger partial charge in [0.05, 0.1) is 0 Å². The van der Waals surface area contributed by atoms with Crippen LogP contribution in [-0.2, 0) is 0 Å². The first-order valence-electron chi connectivity index (χ1n) is 5.17. The van der Waals surface area contributed by atoms with Gasteiger partial charge in [0.1, 0.15) is 0 Å². The molecule has 0 N–H and O–H groups in total. The molecule has 12 heavy (non-hydrogen) atoms. The van der Waals surface area contributed by atoms with E-state index >= 15 is 0 Å². The Labute approximate surface area is 76.1 Å². The molecule has 0 amide bonds. The minimum absolute atomic E-state index is 0.389. The molecule has 0 aromatic heterocycles. The zero-order valence-corrected chi connectivity index (χ0v) is 8.85. The van der Waals surface area contributed by atoms with E-state index in [-0.39, 0.29) is 0 Å². The summed E-state index contributed by atoms with van der Waals surface area (Å²) in [5.41, 5.74) is 1.08. The molecule has 2 fully saturated rings. The molecule has 0 spiro atoms. The van der Waals surface area contributed by atoms with E-state index in [1.165, 1.54) is 25.9 Å². The molecule has 1 saturated carbocycles. The molecule has 2 atom stereocenters. The largest absolute Gasteiger partial charge is 0.298 e. The molecular formula is C11H21N. The van der Waals surface area contributed by atoms with E-state index in [0.29, 0.717) is 11.0 Å². The number of hydrogen-bond acceptors (Lipinski definition) is 1. The van der Waals surface area contributed by atoms with Gasteiger partial charge in [0, 0.05) is 18.6 Å². The average molecular weight is 167 g/mol. The Balaban J connectivity index is 2.07. The first kappa shape index (κ1) is 8.55. The van der Waals surface area contributed by atoms with Gasteiger partial charge in [0.15, 0.2) is 0 Å². The van der Waals surface area contributed by atoms with E-state index in [0.717, 1.165) is 5.92 Å². The molecular weight excluding hydrogens is 146 g/mol. The third-order valence-corrected chi connectivity index (χ3v) is 3.99. The monoisotopic (exact) mass is 167 g/mol. The van der Waals surface area contributed by atoms with Crippen LogP contribution in [0, 0.1) is 11.3 Å². The molecule has 0 unspecified atom stereocenters. The van der Waals surface area contributed by atoms with Crippen LogP contribution in [0.2, 0.25) is 0 Å². The lowest BCUT2D eigenvalue weighted by Gasteiger charge is -2.41. The lowest BCUT2D eigenvalue weighted by molar-refractivity contribution is 0.103. The Hall–Kier alpha value is -0.0400. The summed E-state index contributed by atoms with van der Waals surface area (Å²) in [4.78, 5) is 2.66. The van der Waals surface area contributed by atoms with Crippen LogP contribution in [0.1, 0.15) is 40.5 Å². The van der Waals surface area contributed by atoms with Crippen molar-refractivity contribution in [2.75, 3.05) is 13.1 Å². The maximum Gasteiger partial charge on any atom is 0.0125 e. The molecule has 2 rings (SSSR count). The van der Waals surface area contributed by atoms with Crippen molar-refractivity contribution in [1.29, 1.82) is 0 Å². The fourth-order valence-corrected chi connectivity index (χ4v) is 2.64. The van der Waals surface area contributed by atoms with E-state index in [1.807, 2.05) is 0 Å². The van der Waals surface area contributed by atoms with E-state index in [2.05, 4.69) is 32.6 Å². The molecule has 1 heteroatoms. The molecule has 1 heterocycles. The first-order valence-corrected chi connectivity index (χ1v) is 5.17. The second-order valence-corrected chi connectivity index (χ2v) is 5.94. The van der Waals surface area contributed by atoms with E-state index in [9.17, 15) is 0 Å². The van der Waals surface area contributed by atoms with Crippen molar-refractivity contribution < 1.29 is 0 Å². The van der Waals surface area contributed by atoms with E-state index < -0.39 is 0 Å². The van der Waals surface area contributed by atoms with Crippen LogP contribution < -0.4 is 0 Å². The number of likely N-dealkylation sites (tertiary alicyclic amines) is 1. The predicted molar refractivity (Wildman–Crippen MR) is 52.2 cm³/mol. The topological polar surface area (TPSA) is 3.24 Å². The van der Waals surface area contributed by atoms with Crippen molar-refractivity contribution in [3.05, 3.63) is 0 Å². The van der Waals surface area contributed by atoms with Crippen LogP contribution in [0.4, 0.5) is 0 Å². The molecule has 1 aliphatic heterocycles. The summed E-state index contributed by atoms with van der Waals surface area (Å²) in [6, 6.07) is 0. The van der Waals surface area contributed by atoms with Gasteiger partial charge in [-0.15, -0.1) is 0 Å². The summed E-state index contributed by atoms with van der Waals surface area (Å²) in [5.74, 6) is 1.01. The van der Waals surface area contributed by atoms with E-state index in [1.54, 1.807) is 0 Å². The first-order chi connectivity index (χ1) is 5.42. The Bertz CT molecular complexity index is 192. The lowest BCUT2D eigenvalue weighted by atomic mass is 9.64. The van der Waals surface area contributed by atoms with E-state index in [4.69, 9.17) is 0 Å². The fourth-order valence-electron chi connectivity index (χ4n) is 2.64. The molecule has 1 saturated heterocycles. The molecule has 0 radical (unpaired) electrons. The zero-order chi connectivity index (χ0) is 8.98. The smallest absolute Gasteiger partial charge is 0.0125 e. The van der Waals surface area contributed by atoms with Gasteiger partial charge in [0.25, 0.3) is 0 Å². The zero-order valence-electron chi connectivity index (χ0n) is 8.85. The summed E-state index contributed by atoms with van der Waals surface area (Å²) < 4.78 is 0. The van der Waals surface area contributed by atoms with Gasteiger partial charge in [-0.3, -0.25) is 4.90 Å². The quantitative estimate of drug-likeness (QED) is 0.536. The Morgan fingerprint density at radius 1 is 1.33 bits per heavy atom. The van der Waals surface area contributed by atoms with Crippen LogP contribution in [0.5, 0.6) is 0 Å². The van der Waals surface area contributed by atoms with Gasteiger partial charge in [-0.2, -0.15) is 0 Å². The highest BCUT2D eigenvalue weighted by Crippen LogP contribution is 2.52. The van der Waals surface area contributed by atoms with Crippen LogP contribution in [-0.4, -0.2) is 23.5 Å². The summed E-state index contributed by atoms with van der Waals surface area (Å²) >= 11 is 0. The van der Waals surface area contributed by atoms with Crippen molar-refractivity contribution >= 4 is 0 Å². The molecule has 0 bridgehead atoms. The minimum Gasteiger partial charge on any atom is -0.298 e.